The van der Waals surface area contributed by atoms with E-state index in [1.165, 1.54) is 42.5 Å². The van der Waals surface area contributed by atoms with Crippen molar-refractivity contribution in [3.63, 3.8) is 0 Å². The molecule has 3 aromatic rings. The van der Waals surface area contributed by atoms with Crippen molar-refractivity contribution in [2.75, 3.05) is 4.72 Å². The Kier molecular flexibility index (Phi) is 6.24. The molecule has 0 bridgehead atoms. The van der Waals surface area contributed by atoms with Gasteiger partial charge in [-0.1, -0.05) is 34.8 Å². The van der Waals surface area contributed by atoms with E-state index in [1.807, 2.05) is 0 Å². The number of aromatic carboxylic acids is 1. The molecular formula is C19H12Cl3NO5S. The highest BCUT2D eigenvalue weighted by Gasteiger charge is 2.20. The first-order valence-electron chi connectivity index (χ1n) is 7.94. The smallest absolute Gasteiger partial charge is 0.335 e. The largest absolute Gasteiger partial charge is 0.478 e. The molecule has 0 saturated carbocycles. The second-order valence-corrected chi connectivity index (χ2v) is 8.66. The van der Waals surface area contributed by atoms with Gasteiger partial charge in [0, 0.05) is 10.7 Å². The van der Waals surface area contributed by atoms with E-state index in [0.717, 1.165) is 6.07 Å². The molecule has 0 aliphatic heterocycles. The number of hydrogen-bond donors (Lipinski definition) is 2. The van der Waals surface area contributed by atoms with Crippen molar-refractivity contribution in [2.24, 2.45) is 0 Å². The molecule has 0 spiro atoms. The number of hydrogen-bond acceptors (Lipinski definition) is 4. The summed E-state index contributed by atoms with van der Waals surface area (Å²) in [5, 5.41) is 9.75. The number of halogens is 3. The van der Waals surface area contributed by atoms with Gasteiger partial charge in [0.2, 0.25) is 0 Å². The fourth-order valence-electron chi connectivity index (χ4n) is 2.33. The van der Waals surface area contributed by atoms with Crippen LogP contribution in [0.1, 0.15) is 10.4 Å². The normalized spacial score (nSPS) is 11.1. The molecule has 0 radical (unpaired) electrons. The van der Waals surface area contributed by atoms with Crippen LogP contribution in [-0.2, 0) is 10.0 Å². The first kappa shape index (κ1) is 21.3. The third-order valence-corrected chi connectivity index (χ3v) is 6.09. The first-order chi connectivity index (χ1) is 13.7. The minimum absolute atomic E-state index is 0.0974. The summed E-state index contributed by atoms with van der Waals surface area (Å²) < 4.78 is 33.2. The second-order valence-electron chi connectivity index (χ2n) is 5.76. The van der Waals surface area contributed by atoms with Crippen LogP contribution < -0.4 is 9.46 Å². The lowest BCUT2D eigenvalue weighted by molar-refractivity contribution is 0.0696. The van der Waals surface area contributed by atoms with Gasteiger partial charge in [0.05, 0.1) is 15.6 Å². The lowest BCUT2D eigenvalue weighted by Gasteiger charge is -2.12. The minimum Gasteiger partial charge on any atom is -0.478 e. The van der Waals surface area contributed by atoms with Gasteiger partial charge < -0.3 is 9.84 Å². The first-order valence-corrected chi connectivity index (χ1v) is 10.6. The van der Waals surface area contributed by atoms with Crippen LogP contribution in [-0.4, -0.2) is 19.5 Å². The fourth-order valence-corrected chi connectivity index (χ4v) is 4.36. The van der Waals surface area contributed by atoms with Crippen molar-refractivity contribution in [1.82, 2.24) is 0 Å². The highest BCUT2D eigenvalue weighted by Crippen LogP contribution is 2.32. The molecule has 29 heavy (non-hydrogen) atoms. The van der Waals surface area contributed by atoms with Crippen molar-refractivity contribution in [3.05, 3.63) is 81.3 Å². The Morgan fingerprint density at radius 3 is 2.21 bits per heavy atom. The Balaban J connectivity index is 1.80. The summed E-state index contributed by atoms with van der Waals surface area (Å²) in [6, 6.07) is 14.2. The molecule has 2 N–H and O–H groups in total. The zero-order valence-electron chi connectivity index (χ0n) is 14.4. The number of anilines is 1. The van der Waals surface area contributed by atoms with Crippen LogP contribution in [0, 0.1) is 0 Å². The van der Waals surface area contributed by atoms with Crippen LogP contribution in [0.3, 0.4) is 0 Å². The molecule has 0 amide bonds. The molecule has 150 valence electrons. The lowest BCUT2D eigenvalue weighted by atomic mass is 10.2. The lowest BCUT2D eigenvalue weighted by Crippen LogP contribution is -2.14. The summed E-state index contributed by atoms with van der Waals surface area (Å²) >= 11 is 17.8. The van der Waals surface area contributed by atoms with Gasteiger partial charge >= 0.3 is 5.97 Å². The van der Waals surface area contributed by atoms with Crippen molar-refractivity contribution >= 4 is 56.5 Å². The maximum atomic E-state index is 12.6. The van der Waals surface area contributed by atoms with Crippen LogP contribution in [0.2, 0.25) is 15.1 Å². The van der Waals surface area contributed by atoms with E-state index in [0.29, 0.717) is 21.5 Å². The van der Waals surface area contributed by atoms with Gasteiger partial charge in [-0.25, -0.2) is 13.2 Å². The zero-order chi connectivity index (χ0) is 21.2. The summed E-state index contributed by atoms with van der Waals surface area (Å²) in [6.07, 6.45) is 0. The number of carbonyl (C=O) groups is 1. The van der Waals surface area contributed by atoms with Gasteiger partial charge in [0.25, 0.3) is 10.0 Å². The van der Waals surface area contributed by atoms with E-state index < -0.39 is 16.0 Å². The maximum absolute atomic E-state index is 12.6. The summed E-state index contributed by atoms with van der Waals surface area (Å²) in [4.78, 5) is 10.8. The van der Waals surface area contributed by atoms with Gasteiger partial charge in [0.15, 0.2) is 0 Å². The molecule has 0 aliphatic carbocycles. The number of carboxylic acids is 1. The number of benzene rings is 3. The fraction of sp³-hybridized carbons (Fsp3) is 0. The van der Waals surface area contributed by atoms with E-state index in [4.69, 9.17) is 44.6 Å². The molecule has 3 aromatic carbocycles. The average Bonchev–Trinajstić information content (AvgIpc) is 2.65. The number of sulfonamides is 1. The molecule has 0 aliphatic rings. The summed E-state index contributed by atoms with van der Waals surface area (Å²) in [6.45, 7) is 0. The molecule has 3 rings (SSSR count). The van der Waals surface area contributed by atoms with E-state index in [1.54, 1.807) is 12.1 Å². The van der Waals surface area contributed by atoms with E-state index in [9.17, 15) is 13.2 Å². The Morgan fingerprint density at radius 2 is 1.59 bits per heavy atom. The average molecular weight is 473 g/mol. The molecule has 0 unspecified atom stereocenters. The number of carboxylic acid groups (broad SMARTS) is 1. The minimum atomic E-state index is -4.11. The zero-order valence-corrected chi connectivity index (χ0v) is 17.5. The SMILES string of the molecule is O=C(O)c1ccc(Cl)c(S(=O)(=O)Nc2ccc(Oc3ccc(Cl)cc3Cl)cc2)c1. The Morgan fingerprint density at radius 1 is 0.897 bits per heavy atom. The second kappa shape index (κ2) is 8.51. The van der Waals surface area contributed by atoms with Gasteiger partial charge in [-0.3, -0.25) is 4.72 Å². The number of nitrogens with one attached hydrogen (secondary N) is 1. The molecule has 0 fully saturated rings. The van der Waals surface area contributed by atoms with E-state index >= 15 is 0 Å². The number of rotatable bonds is 6. The third-order valence-electron chi connectivity index (χ3n) is 3.70. The maximum Gasteiger partial charge on any atom is 0.335 e. The van der Waals surface area contributed by atoms with Crippen molar-refractivity contribution in [3.8, 4) is 11.5 Å². The summed E-state index contributed by atoms with van der Waals surface area (Å²) in [7, 11) is -4.11. The molecule has 0 aromatic heterocycles. The van der Waals surface area contributed by atoms with Crippen LogP contribution in [0.5, 0.6) is 11.5 Å². The van der Waals surface area contributed by atoms with Crippen molar-refractivity contribution < 1.29 is 23.1 Å². The summed E-state index contributed by atoms with van der Waals surface area (Å²) in [5.74, 6) is -0.453. The van der Waals surface area contributed by atoms with Gasteiger partial charge in [0.1, 0.15) is 16.4 Å². The predicted octanol–water partition coefficient (Wildman–Crippen LogP) is 5.94. The van der Waals surface area contributed by atoms with Crippen LogP contribution in [0.4, 0.5) is 5.69 Å². The van der Waals surface area contributed by atoms with Crippen molar-refractivity contribution in [2.45, 2.75) is 4.90 Å². The molecular weight excluding hydrogens is 461 g/mol. The van der Waals surface area contributed by atoms with Crippen LogP contribution >= 0.6 is 34.8 Å². The van der Waals surface area contributed by atoms with Crippen LogP contribution in [0.25, 0.3) is 0 Å². The molecule has 0 heterocycles. The van der Waals surface area contributed by atoms with Gasteiger partial charge in [-0.15, -0.1) is 0 Å². The quantitative estimate of drug-likeness (QED) is 0.463. The highest BCUT2D eigenvalue weighted by molar-refractivity contribution is 7.92. The molecule has 0 saturated heterocycles. The standard InChI is InChI=1S/C19H12Cl3NO5S/c20-12-2-8-17(16(22)10-12)28-14-5-3-13(4-6-14)23-29(26,27)18-9-11(19(24)25)1-7-15(18)21/h1-10,23H,(H,24,25). The third kappa shape index (κ3) is 5.13. The monoisotopic (exact) mass is 471 g/mol. The van der Waals surface area contributed by atoms with Gasteiger partial charge in [-0.2, -0.15) is 0 Å². The van der Waals surface area contributed by atoms with Crippen molar-refractivity contribution in [1.29, 1.82) is 0 Å². The molecule has 6 nitrogen and oxygen atoms in total. The Hall–Kier alpha value is -2.45. The topological polar surface area (TPSA) is 92.7 Å². The van der Waals surface area contributed by atoms with Crippen LogP contribution in [0.15, 0.2) is 65.6 Å². The molecule has 0 atom stereocenters. The number of ether oxygens (including phenoxy) is 1. The highest BCUT2D eigenvalue weighted by atomic mass is 35.5. The Bertz CT molecular complexity index is 1180. The van der Waals surface area contributed by atoms with E-state index in [-0.39, 0.29) is 21.2 Å². The Labute approximate surface area is 181 Å². The molecule has 10 heteroatoms. The van der Waals surface area contributed by atoms with Gasteiger partial charge in [-0.05, 0) is 60.7 Å². The summed E-state index contributed by atoms with van der Waals surface area (Å²) in [5.41, 5.74) is 0.0368. The van der Waals surface area contributed by atoms with E-state index in [2.05, 4.69) is 4.72 Å². The predicted molar refractivity (Wildman–Crippen MR) is 112 cm³/mol.